The first-order valence-corrected chi connectivity index (χ1v) is 7.31. The number of thiocarbonyl (C=S) groups is 1. The van der Waals surface area contributed by atoms with Crippen LogP contribution in [0.15, 0.2) is 0 Å². The summed E-state index contributed by atoms with van der Waals surface area (Å²) in [5.74, 6) is 0.715. The Hall–Kier alpha value is -0.350. The number of hydrogen-bond acceptors (Lipinski definition) is 2. The number of nitrogens with zero attached hydrogens (tertiary/aromatic N) is 1. The average molecular weight is 257 g/mol. The molecule has 0 unspecified atom stereocenters. The molecule has 17 heavy (non-hydrogen) atoms. The van der Waals surface area contributed by atoms with Crippen LogP contribution in [0.4, 0.5) is 0 Å². The summed E-state index contributed by atoms with van der Waals surface area (Å²) in [4.78, 5) is 0. The Balaban J connectivity index is 2.52. The van der Waals surface area contributed by atoms with Gasteiger partial charge in [0.25, 0.3) is 0 Å². The van der Waals surface area contributed by atoms with Gasteiger partial charge < -0.3 is 5.32 Å². The molecule has 1 aliphatic heterocycles. The molecule has 0 radical (unpaired) electrons. The zero-order chi connectivity index (χ0) is 12.9. The summed E-state index contributed by atoms with van der Waals surface area (Å²) < 4.78 is 0. The van der Waals surface area contributed by atoms with Crippen molar-refractivity contribution < 1.29 is 0 Å². The van der Waals surface area contributed by atoms with Gasteiger partial charge in [0.15, 0.2) is 5.11 Å². The topological polar surface area (TPSA) is 27.3 Å². The highest BCUT2D eigenvalue weighted by Crippen LogP contribution is 2.21. The van der Waals surface area contributed by atoms with Gasteiger partial charge in [-0.3, -0.25) is 5.01 Å². The molecule has 1 saturated heterocycles. The maximum atomic E-state index is 5.41. The number of hydrazine groups is 1. The zero-order valence-electron chi connectivity index (χ0n) is 11.7. The van der Waals surface area contributed by atoms with E-state index in [4.69, 9.17) is 12.2 Å². The highest BCUT2D eigenvalue weighted by molar-refractivity contribution is 7.80. The van der Waals surface area contributed by atoms with E-state index in [1.165, 1.54) is 19.3 Å². The van der Waals surface area contributed by atoms with Gasteiger partial charge in [0.2, 0.25) is 0 Å². The predicted molar refractivity (Wildman–Crippen MR) is 77.6 cm³/mol. The van der Waals surface area contributed by atoms with Gasteiger partial charge >= 0.3 is 0 Å². The standard InChI is InChI=1S/C13H27N3S/c1-5-7-9-13(6-2)14-12(17)16(15-13)10-8-11(3)4/h11,15H,5-10H2,1-4H3,(H,14,17)/t13-/m0/s1. The van der Waals surface area contributed by atoms with Gasteiger partial charge in [0.1, 0.15) is 5.66 Å². The van der Waals surface area contributed by atoms with Gasteiger partial charge in [-0.05, 0) is 43.8 Å². The van der Waals surface area contributed by atoms with E-state index in [1.54, 1.807) is 0 Å². The fourth-order valence-corrected chi connectivity index (χ4v) is 2.43. The molecule has 0 spiro atoms. The molecule has 3 nitrogen and oxygen atoms in total. The van der Waals surface area contributed by atoms with Crippen LogP contribution in [0.2, 0.25) is 0 Å². The molecule has 1 aliphatic rings. The Kier molecular flexibility index (Phi) is 5.67. The SMILES string of the molecule is CCCC[C@@]1(CC)NC(=S)N(CCC(C)C)N1. The molecule has 0 aromatic rings. The lowest BCUT2D eigenvalue weighted by atomic mass is 10.0. The van der Waals surface area contributed by atoms with Crippen LogP contribution in [0.25, 0.3) is 0 Å². The van der Waals surface area contributed by atoms with Gasteiger partial charge in [0, 0.05) is 6.54 Å². The minimum Gasteiger partial charge on any atom is -0.342 e. The summed E-state index contributed by atoms with van der Waals surface area (Å²) >= 11 is 5.41. The van der Waals surface area contributed by atoms with Crippen LogP contribution in [-0.4, -0.2) is 22.3 Å². The largest absolute Gasteiger partial charge is 0.342 e. The monoisotopic (exact) mass is 257 g/mol. The zero-order valence-corrected chi connectivity index (χ0v) is 12.5. The summed E-state index contributed by atoms with van der Waals surface area (Å²) in [6, 6.07) is 0. The van der Waals surface area contributed by atoms with Crippen molar-refractivity contribution in [1.29, 1.82) is 0 Å². The fourth-order valence-electron chi connectivity index (χ4n) is 2.10. The molecule has 100 valence electrons. The van der Waals surface area contributed by atoms with E-state index in [0.29, 0.717) is 5.92 Å². The first-order chi connectivity index (χ1) is 8.03. The van der Waals surface area contributed by atoms with E-state index in [1.807, 2.05) is 0 Å². The van der Waals surface area contributed by atoms with Gasteiger partial charge in [0.05, 0.1) is 0 Å². The van der Waals surface area contributed by atoms with Gasteiger partial charge in [-0.2, -0.15) is 0 Å². The Morgan fingerprint density at radius 2 is 2.06 bits per heavy atom. The normalized spacial score (nSPS) is 24.5. The van der Waals surface area contributed by atoms with Crippen molar-refractivity contribution in [2.24, 2.45) is 5.92 Å². The van der Waals surface area contributed by atoms with E-state index >= 15 is 0 Å². The summed E-state index contributed by atoms with van der Waals surface area (Å²) in [6.07, 6.45) is 5.82. The second-order valence-corrected chi connectivity index (χ2v) is 5.80. The minimum absolute atomic E-state index is 0.00404. The third-order valence-electron chi connectivity index (χ3n) is 3.43. The van der Waals surface area contributed by atoms with Crippen molar-refractivity contribution >= 4 is 17.3 Å². The van der Waals surface area contributed by atoms with E-state index < -0.39 is 0 Å². The van der Waals surface area contributed by atoms with Crippen molar-refractivity contribution in [2.45, 2.75) is 65.5 Å². The van der Waals surface area contributed by atoms with Crippen molar-refractivity contribution in [3.8, 4) is 0 Å². The molecule has 1 rings (SSSR count). The summed E-state index contributed by atoms with van der Waals surface area (Å²) in [7, 11) is 0. The Labute approximate surface area is 111 Å². The van der Waals surface area contributed by atoms with Crippen LogP contribution in [0.5, 0.6) is 0 Å². The van der Waals surface area contributed by atoms with Crippen LogP contribution in [0.3, 0.4) is 0 Å². The van der Waals surface area contributed by atoms with Crippen LogP contribution < -0.4 is 10.7 Å². The average Bonchev–Trinajstić information content (AvgIpc) is 2.61. The van der Waals surface area contributed by atoms with Crippen molar-refractivity contribution in [2.75, 3.05) is 6.54 Å². The quantitative estimate of drug-likeness (QED) is 0.686. The van der Waals surface area contributed by atoms with Crippen molar-refractivity contribution in [3.63, 3.8) is 0 Å². The molecule has 4 heteroatoms. The van der Waals surface area contributed by atoms with Crippen molar-refractivity contribution in [3.05, 3.63) is 0 Å². The molecule has 0 aromatic carbocycles. The predicted octanol–water partition coefficient (Wildman–Crippen LogP) is 3.02. The minimum atomic E-state index is 0.00404. The molecule has 0 aliphatic carbocycles. The molecular weight excluding hydrogens is 230 g/mol. The molecule has 1 fully saturated rings. The maximum Gasteiger partial charge on any atom is 0.185 e. The lowest BCUT2D eigenvalue weighted by molar-refractivity contribution is 0.189. The molecular formula is C13H27N3S. The van der Waals surface area contributed by atoms with Crippen LogP contribution >= 0.6 is 12.2 Å². The summed E-state index contributed by atoms with van der Waals surface area (Å²) in [6.45, 7) is 9.93. The number of unbranched alkanes of at least 4 members (excludes halogenated alkanes) is 1. The van der Waals surface area contributed by atoms with E-state index in [-0.39, 0.29) is 5.66 Å². The smallest absolute Gasteiger partial charge is 0.185 e. The molecule has 0 bridgehead atoms. The number of nitrogens with one attached hydrogen (secondary N) is 2. The first kappa shape index (κ1) is 14.7. The van der Waals surface area contributed by atoms with Gasteiger partial charge in [-0.15, -0.1) is 0 Å². The molecule has 2 N–H and O–H groups in total. The maximum absolute atomic E-state index is 5.41. The Bertz CT molecular complexity index is 255. The van der Waals surface area contributed by atoms with Gasteiger partial charge in [-0.25, -0.2) is 5.43 Å². The van der Waals surface area contributed by atoms with Crippen LogP contribution in [0.1, 0.15) is 59.8 Å². The van der Waals surface area contributed by atoms with Gasteiger partial charge in [-0.1, -0.05) is 34.1 Å². The van der Waals surface area contributed by atoms with E-state index in [0.717, 1.165) is 24.5 Å². The second-order valence-electron chi connectivity index (χ2n) is 5.42. The summed E-state index contributed by atoms with van der Waals surface area (Å²) in [5, 5.41) is 6.46. The highest BCUT2D eigenvalue weighted by atomic mass is 32.1. The molecule has 0 aromatic heterocycles. The lowest BCUT2D eigenvalue weighted by Gasteiger charge is -2.29. The van der Waals surface area contributed by atoms with E-state index in [2.05, 4.69) is 43.4 Å². The highest BCUT2D eigenvalue weighted by Gasteiger charge is 2.37. The first-order valence-electron chi connectivity index (χ1n) is 6.90. The fraction of sp³-hybridized carbons (Fsp3) is 0.923. The lowest BCUT2D eigenvalue weighted by Crippen LogP contribution is -2.50. The third kappa shape index (κ3) is 4.11. The Morgan fingerprint density at radius 3 is 2.59 bits per heavy atom. The summed E-state index contributed by atoms with van der Waals surface area (Å²) in [5.41, 5.74) is 3.58. The van der Waals surface area contributed by atoms with E-state index in [9.17, 15) is 0 Å². The molecule has 1 atom stereocenters. The molecule has 0 saturated carbocycles. The molecule has 1 heterocycles. The van der Waals surface area contributed by atoms with Crippen LogP contribution in [-0.2, 0) is 0 Å². The number of rotatable bonds is 7. The van der Waals surface area contributed by atoms with Crippen molar-refractivity contribution in [1.82, 2.24) is 15.8 Å². The number of hydrogen-bond donors (Lipinski definition) is 2. The van der Waals surface area contributed by atoms with Crippen LogP contribution in [0, 0.1) is 5.92 Å². The molecule has 0 amide bonds. The Morgan fingerprint density at radius 1 is 1.35 bits per heavy atom. The second kappa shape index (κ2) is 6.55. The third-order valence-corrected chi connectivity index (χ3v) is 3.75.